The first-order chi connectivity index (χ1) is 19.7. The molecule has 0 spiro atoms. The van der Waals surface area contributed by atoms with E-state index in [4.69, 9.17) is 4.74 Å². The fourth-order valence-electron chi connectivity index (χ4n) is 4.30. The number of rotatable bonds is 9. The van der Waals surface area contributed by atoms with Crippen molar-refractivity contribution in [1.29, 1.82) is 0 Å². The molecule has 0 unspecified atom stereocenters. The van der Waals surface area contributed by atoms with Gasteiger partial charge in [0.25, 0.3) is 11.1 Å². The summed E-state index contributed by atoms with van der Waals surface area (Å²) in [7, 11) is 1.54. The molecule has 0 atom stereocenters. The molecule has 1 aromatic heterocycles. The second-order valence-corrected chi connectivity index (χ2v) is 10.4. The third kappa shape index (κ3) is 6.98. The van der Waals surface area contributed by atoms with Gasteiger partial charge in [0, 0.05) is 43.8 Å². The highest BCUT2D eigenvalue weighted by atomic mass is 32.2. The van der Waals surface area contributed by atoms with Crippen LogP contribution in [0.25, 0.3) is 17.0 Å². The molecule has 2 heterocycles. The average molecular weight is 614 g/mol. The standard InChI is InChI=1S/C28H25F6N3O4S/c1-3-41-11-10-35(2)24(38)16-37-25(39)23(42-26(37)40)13-17-4-7-22-18(12-17)8-9-36(22)15-19-5-6-20(27(29,30)31)14-21(19)28(32,33)34/h4-9,12-14H,3,10-11,15-16H2,1-2H3/b23-13-. The van der Waals surface area contributed by atoms with E-state index in [0.29, 0.717) is 54.1 Å². The zero-order valence-corrected chi connectivity index (χ0v) is 23.2. The molecule has 3 amide bonds. The number of alkyl halides is 6. The number of carbonyl (C=O) groups is 3. The maximum atomic E-state index is 13.6. The van der Waals surface area contributed by atoms with Crippen LogP contribution in [0, 0.1) is 0 Å². The van der Waals surface area contributed by atoms with Gasteiger partial charge in [0.2, 0.25) is 5.91 Å². The number of halogens is 6. The minimum atomic E-state index is -4.99. The van der Waals surface area contributed by atoms with E-state index >= 15 is 0 Å². The number of amides is 3. The predicted molar refractivity (Wildman–Crippen MR) is 144 cm³/mol. The van der Waals surface area contributed by atoms with Crippen molar-refractivity contribution in [2.24, 2.45) is 0 Å². The first kappa shape index (κ1) is 31.2. The van der Waals surface area contributed by atoms with Crippen molar-refractivity contribution >= 4 is 45.8 Å². The van der Waals surface area contributed by atoms with Crippen molar-refractivity contribution in [3.63, 3.8) is 0 Å². The van der Waals surface area contributed by atoms with Gasteiger partial charge in [0.15, 0.2) is 0 Å². The van der Waals surface area contributed by atoms with Crippen LogP contribution in [0.2, 0.25) is 0 Å². The Bertz CT molecular complexity index is 1550. The van der Waals surface area contributed by atoms with Gasteiger partial charge in [-0.3, -0.25) is 19.3 Å². The van der Waals surface area contributed by atoms with E-state index in [9.17, 15) is 40.7 Å². The molecular formula is C28H25F6N3O4S. The van der Waals surface area contributed by atoms with E-state index in [2.05, 4.69) is 0 Å². The summed E-state index contributed by atoms with van der Waals surface area (Å²) in [6.07, 6.45) is -6.92. The lowest BCUT2D eigenvalue weighted by Gasteiger charge is -2.19. The van der Waals surface area contributed by atoms with Gasteiger partial charge < -0.3 is 14.2 Å². The molecule has 1 aliphatic heterocycles. The zero-order valence-electron chi connectivity index (χ0n) is 22.4. The summed E-state index contributed by atoms with van der Waals surface area (Å²) in [4.78, 5) is 40.1. The Morgan fingerprint density at radius 2 is 1.76 bits per heavy atom. The van der Waals surface area contributed by atoms with Gasteiger partial charge in [-0.1, -0.05) is 12.1 Å². The second-order valence-electron chi connectivity index (χ2n) is 9.41. The van der Waals surface area contributed by atoms with Crippen LogP contribution in [0.15, 0.2) is 53.6 Å². The summed E-state index contributed by atoms with van der Waals surface area (Å²) in [6.45, 7) is 2.17. The summed E-state index contributed by atoms with van der Waals surface area (Å²) < 4.78 is 86.5. The number of hydrogen-bond acceptors (Lipinski definition) is 5. The van der Waals surface area contributed by atoms with Gasteiger partial charge in [0.1, 0.15) is 6.54 Å². The van der Waals surface area contributed by atoms with Gasteiger partial charge in [-0.25, -0.2) is 0 Å². The minimum Gasteiger partial charge on any atom is -0.380 e. The second kappa shape index (κ2) is 12.2. The summed E-state index contributed by atoms with van der Waals surface area (Å²) in [5, 5.41) is -0.00315. The Labute approximate surface area is 240 Å². The Hall–Kier alpha value is -3.78. The molecular weight excluding hydrogens is 588 g/mol. The number of nitrogens with zero attached hydrogens (tertiary/aromatic N) is 3. The van der Waals surface area contributed by atoms with Gasteiger partial charge >= 0.3 is 12.4 Å². The van der Waals surface area contributed by atoms with Crippen LogP contribution in [0.4, 0.5) is 31.1 Å². The van der Waals surface area contributed by atoms with Crippen LogP contribution in [0.5, 0.6) is 0 Å². The molecule has 3 aromatic rings. The monoisotopic (exact) mass is 613 g/mol. The van der Waals surface area contributed by atoms with Gasteiger partial charge in [-0.2, -0.15) is 26.3 Å². The van der Waals surface area contributed by atoms with Crippen molar-refractivity contribution in [2.45, 2.75) is 25.8 Å². The normalized spacial score (nSPS) is 15.3. The first-order valence-electron chi connectivity index (χ1n) is 12.6. The van der Waals surface area contributed by atoms with E-state index < -0.39 is 47.1 Å². The molecule has 7 nitrogen and oxygen atoms in total. The highest BCUT2D eigenvalue weighted by Crippen LogP contribution is 2.38. The number of fused-ring (bicyclic) bond motifs is 1. The van der Waals surface area contributed by atoms with Crippen molar-refractivity contribution < 1.29 is 45.5 Å². The molecule has 0 N–H and O–H groups in total. The third-order valence-corrected chi connectivity index (χ3v) is 7.45. The van der Waals surface area contributed by atoms with Crippen molar-refractivity contribution in [1.82, 2.24) is 14.4 Å². The first-order valence-corrected chi connectivity index (χ1v) is 13.4. The number of carbonyl (C=O) groups excluding carboxylic acids is 3. The molecule has 4 rings (SSSR count). The van der Waals surface area contributed by atoms with E-state index in [0.717, 1.165) is 11.0 Å². The SMILES string of the molecule is CCOCCN(C)C(=O)CN1C(=O)S/C(=C\c2ccc3c(ccn3Cc3ccc(C(F)(F)F)cc3C(F)(F)F)c2)C1=O. The molecule has 14 heteroatoms. The molecule has 224 valence electrons. The van der Waals surface area contributed by atoms with E-state index in [1.807, 2.05) is 6.92 Å². The van der Waals surface area contributed by atoms with Crippen molar-refractivity contribution in [2.75, 3.05) is 33.4 Å². The van der Waals surface area contributed by atoms with E-state index in [-0.39, 0.29) is 23.1 Å². The van der Waals surface area contributed by atoms with Crippen molar-refractivity contribution in [3.8, 4) is 0 Å². The maximum absolute atomic E-state index is 13.6. The number of benzene rings is 2. The number of likely N-dealkylation sites (N-methyl/N-ethyl adjacent to an activating group) is 1. The Balaban J connectivity index is 1.52. The predicted octanol–water partition coefficient (Wildman–Crippen LogP) is 6.26. The maximum Gasteiger partial charge on any atom is 0.416 e. The molecule has 1 aliphatic rings. The van der Waals surface area contributed by atoms with Gasteiger partial charge in [0.05, 0.1) is 22.6 Å². The highest BCUT2D eigenvalue weighted by molar-refractivity contribution is 8.18. The topological polar surface area (TPSA) is 71.8 Å². The minimum absolute atomic E-state index is 0.100. The third-order valence-electron chi connectivity index (χ3n) is 6.54. The summed E-state index contributed by atoms with van der Waals surface area (Å²) >= 11 is 0.682. The number of imide groups is 1. The number of hydrogen-bond donors (Lipinski definition) is 0. The van der Waals surface area contributed by atoms with Crippen molar-refractivity contribution in [3.05, 3.63) is 75.8 Å². The average Bonchev–Trinajstić information content (AvgIpc) is 3.42. The van der Waals surface area contributed by atoms with Crippen LogP contribution in [-0.4, -0.2) is 64.8 Å². The quantitative estimate of drug-likeness (QED) is 0.162. The highest BCUT2D eigenvalue weighted by Gasteiger charge is 2.38. The number of thioether (sulfide) groups is 1. The lowest BCUT2D eigenvalue weighted by Crippen LogP contribution is -2.41. The molecule has 2 aromatic carbocycles. The largest absolute Gasteiger partial charge is 0.416 e. The molecule has 0 aliphatic carbocycles. The van der Waals surface area contributed by atoms with Crippen LogP contribution >= 0.6 is 11.8 Å². The molecule has 0 radical (unpaired) electrons. The summed E-state index contributed by atoms with van der Waals surface area (Å²) in [5.41, 5.74) is -2.05. The molecule has 42 heavy (non-hydrogen) atoms. The molecule has 1 saturated heterocycles. The number of aromatic nitrogens is 1. The smallest absolute Gasteiger partial charge is 0.380 e. The van der Waals surface area contributed by atoms with Crippen LogP contribution in [0.1, 0.15) is 29.2 Å². The van der Waals surface area contributed by atoms with Gasteiger partial charge in [-0.15, -0.1) is 0 Å². The van der Waals surface area contributed by atoms with E-state index in [1.165, 1.54) is 21.7 Å². The fourth-order valence-corrected chi connectivity index (χ4v) is 5.14. The van der Waals surface area contributed by atoms with Crippen LogP contribution in [0.3, 0.4) is 0 Å². The Morgan fingerprint density at radius 1 is 1.02 bits per heavy atom. The Morgan fingerprint density at radius 3 is 2.43 bits per heavy atom. The fraction of sp³-hybridized carbons (Fsp3) is 0.321. The lowest BCUT2D eigenvalue weighted by molar-refractivity contribution is -0.143. The molecule has 0 saturated carbocycles. The lowest BCUT2D eigenvalue weighted by atomic mass is 10.0. The van der Waals surface area contributed by atoms with Crippen LogP contribution in [-0.2, 0) is 33.2 Å². The van der Waals surface area contributed by atoms with Gasteiger partial charge in [-0.05, 0) is 66.2 Å². The van der Waals surface area contributed by atoms with Crippen LogP contribution < -0.4 is 0 Å². The molecule has 1 fully saturated rings. The number of ether oxygens (including phenoxy) is 1. The summed E-state index contributed by atoms with van der Waals surface area (Å²) in [5.74, 6) is -1.06. The van der Waals surface area contributed by atoms with E-state index in [1.54, 1.807) is 31.3 Å². The summed E-state index contributed by atoms with van der Waals surface area (Å²) in [6, 6.07) is 8.02. The zero-order chi connectivity index (χ0) is 30.8. The molecule has 0 bridgehead atoms. The Kier molecular flexibility index (Phi) is 9.06.